The highest BCUT2D eigenvalue weighted by Gasteiger charge is 2.24. The monoisotopic (exact) mass is 412 g/mol. The van der Waals surface area contributed by atoms with Crippen molar-refractivity contribution in [2.75, 3.05) is 4.72 Å². The molecule has 0 radical (unpaired) electrons. The summed E-state index contributed by atoms with van der Waals surface area (Å²) in [5.74, 6) is 1.62. The zero-order chi connectivity index (χ0) is 20.4. The van der Waals surface area contributed by atoms with Gasteiger partial charge in [0.05, 0.1) is 0 Å². The van der Waals surface area contributed by atoms with Gasteiger partial charge in [-0.25, -0.2) is 13.4 Å². The molecule has 0 unspecified atom stereocenters. The first kappa shape index (κ1) is 18.6. The second-order valence-corrected chi connectivity index (χ2v) is 7.70. The number of aryl methyl sites for hydroxylation is 2. The number of nitrogens with zero attached hydrogens (tertiary/aromatic N) is 5. The quantitative estimate of drug-likeness (QED) is 0.512. The van der Waals surface area contributed by atoms with E-state index in [2.05, 4.69) is 25.1 Å². The van der Waals surface area contributed by atoms with Gasteiger partial charge < -0.3 is 9.26 Å². The third kappa shape index (κ3) is 3.94. The average molecular weight is 412 g/mol. The fourth-order valence-corrected chi connectivity index (χ4v) is 4.07. The van der Waals surface area contributed by atoms with Gasteiger partial charge in [0.25, 0.3) is 10.0 Å². The molecule has 4 rings (SSSR count). The zero-order valence-corrected chi connectivity index (χ0v) is 16.3. The Morgan fingerprint density at radius 3 is 2.45 bits per heavy atom. The first-order valence-corrected chi connectivity index (χ1v) is 9.96. The second kappa shape index (κ2) is 7.36. The largest absolute Gasteiger partial charge is 0.438 e. The molecule has 4 aromatic rings. The molecule has 11 heteroatoms. The lowest BCUT2D eigenvalue weighted by molar-refractivity contribution is 0.390. The van der Waals surface area contributed by atoms with Gasteiger partial charge in [-0.3, -0.25) is 9.29 Å². The van der Waals surface area contributed by atoms with Crippen molar-refractivity contribution in [1.82, 2.24) is 24.9 Å². The van der Waals surface area contributed by atoms with Crippen molar-refractivity contribution >= 4 is 15.7 Å². The highest BCUT2D eigenvalue weighted by Crippen LogP contribution is 2.25. The molecule has 1 N–H and O–H groups in total. The number of rotatable bonds is 6. The normalized spacial score (nSPS) is 11.4. The number of sulfonamides is 1. The number of benzene rings is 1. The highest BCUT2D eigenvalue weighted by atomic mass is 32.2. The fraction of sp³-hybridized carbons (Fsp3) is 0.111. The van der Waals surface area contributed by atoms with E-state index in [1.807, 2.05) is 0 Å². The molecule has 0 saturated heterocycles. The van der Waals surface area contributed by atoms with Crippen molar-refractivity contribution in [2.45, 2.75) is 18.7 Å². The predicted octanol–water partition coefficient (Wildman–Crippen LogP) is 2.86. The number of anilines is 1. The maximum absolute atomic E-state index is 12.5. The molecule has 0 amide bonds. The van der Waals surface area contributed by atoms with Crippen LogP contribution < -0.4 is 9.46 Å². The number of nitrogens with one attached hydrogen (secondary N) is 1. The summed E-state index contributed by atoms with van der Waals surface area (Å²) in [6, 6.07) is 9.83. The second-order valence-electron chi connectivity index (χ2n) is 6.08. The van der Waals surface area contributed by atoms with Gasteiger partial charge in [-0.15, -0.1) is 10.2 Å². The molecule has 0 fully saturated rings. The molecule has 10 nitrogen and oxygen atoms in total. The van der Waals surface area contributed by atoms with Crippen LogP contribution in [0.5, 0.6) is 11.6 Å². The standard InChI is InChI=1S/C18H16N6O4S/c1-12-18(13(2)28-22-12)29(25,26)23-14-3-5-15(6-4-14)27-17-8-7-16(20-21-17)24-10-9-19-11-24/h3-11,23H,1-2H3. The van der Waals surface area contributed by atoms with Crippen molar-refractivity contribution in [3.05, 3.63) is 66.6 Å². The van der Waals surface area contributed by atoms with Crippen LogP contribution >= 0.6 is 0 Å². The molecule has 29 heavy (non-hydrogen) atoms. The Hall–Kier alpha value is -3.73. The fourth-order valence-electron chi connectivity index (χ4n) is 2.68. The van der Waals surface area contributed by atoms with E-state index in [-0.39, 0.29) is 10.7 Å². The van der Waals surface area contributed by atoms with Gasteiger partial charge in [0.2, 0.25) is 5.88 Å². The molecular formula is C18H16N6O4S. The molecule has 3 heterocycles. The Morgan fingerprint density at radius 1 is 1.07 bits per heavy atom. The summed E-state index contributed by atoms with van der Waals surface area (Å²) in [5, 5.41) is 11.8. The van der Waals surface area contributed by atoms with E-state index in [4.69, 9.17) is 9.26 Å². The summed E-state index contributed by atoms with van der Waals surface area (Å²) in [4.78, 5) is 3.99. The Kier molecular flexibility index (Phi) is 4.72. The number of hydrogen-bond donors (Lipinski definition) is 1. The third-order valence-electron chi connectivity index (χ3n) is 3.96. The number of aromatic nitrogens is 5. The highest BCUT2D eigenvalue weighted by molar-refractivity contribution is 7.92. The molecule has 0 aliphatic heterocycles. The number of ether oxygens (including phenoxy) is 1. The van der Waals surface area contributed by atoms with E-state index >= 15 is 0 Å². The van der Waals surface area contributed by atoms with Crippen LogP contribution in [-0.2, 0) is 10.0 Å². The van der Waals surface area contributed by atoms with E-state index < -0.39 is 10.0 Å². The van der Waals surface area contributed by atoms with Crippen molar-refractivity contribution in [3.8, 4) is 17.4 Å². The lowest BCUT2D eigenvalue weighted by atomic mass is 10.3. The van der Waals surface area contributed by atoms with Gasteiger partial charge in [0.1, 0.15) is 17.8 Å². The van der Waals surface area contributed by atoms with Gasteiger partial charge in [-0.1, -0.05) is 5.16 Å². The minimum absolute atomic E-state index is 0.0334. The van der Waals surface area contributed by atoms with Crippen molar-refractivity contribution < 1.29 is 17.7 Å². The van der Waals surface area contributed by atoms with Crippen LogP contribution in [0.3, 0.4) is 0 Å². The van der Waals surface area contributed by atoms with Crippen molar-refractivity contribution in [1.29, 1.82) is 0 Å². The molecular weight excluding hydrogens is 396 g/mol. The minimum atomic E-state index is -3.81. The number of hydrogen-bond acceptors (Lipinski definition) is 8. The van der Waals surface area contributed by atoms with E-state index in [0.717, 1.165) is 0 Å². The molecule has 0 aliphatic rings. The molecule has 0 aliphatic carbocycles. The van der Waals surface area contributed by atoms with E-state index in [0.29, 0.717) is 28.8 Å². The first-order chi connectivity index (χ1) is 13.9. The molecule has 148 valence electrons. The Labute approximate surface area is 166 Å². The predicted molar refractivity (Wildman–Crippen MR) is 102 cm³/mol. The van der Waals surface area contributed by atoms with E-state index in [1.165, 1.54) is 0 Å². The van der Waals surface area contributed by atoms with E-state index in [1.54, 1.807) is 73.5 Å². The van der Waals surface area contributed by atoms with Gasteiger partial charge in [-0.2, -0.15) is 0 Å². The molecule has 0 saturated carbocycles. The molecule has 0 atom stereocenters. The van der Waals surface area contributed by atoms with Crippen LogP contribution in [0.2, 0.25) is 0 Å². The Morgan fingerprint density at radius 2 is 1.86 bits per heavy atom. The van der Waals surface area contributed by atoms with Gasteiger partial charge >= 0.3 is 0 Å². The molecule has 3 aromatic heterocycles. The summed E-state index contributed by atoms with van der Waals surface area (Å²) in [7, 11) is -3.81. The molecule has 0 spiro atoms. The number of imidazole rings is 1. The zero-order valence-electron chi connectivity index (χ0n) is 15.5. The van der Waals surface area contributed by atoms with Crippen molar-refractivity contribution in [2.24, 2.45) is 0 Å². The summed E-state index contributed by atoms with van der Waals surface area (Å²) in [5.41, 5.74) is 0.673. The van der Waals surface area contributed by atoms with Gasteiger partial charge in [-0.05, 0) is 44.2 Å². The maximum Gasteiger partial charge on any atom is 0.267 e. The Bertz CT molecular complexity index is 1200. The lowest BCUT2D eigenvalue weighted by Gasteiger charge is -2.09. The van der Waals surface area contributed by atoms with Crippen LogP contribution in [0, 0.1) is 13.8 Å². The van der Waals surface area contributed by atoms with Crippen LogP contribution in [-0.4, -0.2) is 33.3 Å². The Balaban J connectivity index is 1.45. The van der Waals surface area contributed by atoms with E-state index in [9.17, 15) is 8.42 Å². The first-order valence-electron chi connectivity index (χ1n) is 8.48. The third-order valence-corrected chi connectivity index (χ3v) is 5.59. The molecule has 0 bridgehead atoms. The lowest BCUT2D eigenvalue weighted by Crippen LogP contribution is -2.14. The summed E-state index contributed by atoms with van der Waals surface area (Å²) in [6.07, 6.45) is 5.02. The maximum atomic E-state index is 12.5. The van der Waals surface area contributed by atoms with Crippen LogP contribution in [0.25, 0.3) is 5.82 Å². The van der Waals surface area contributed by atoms with Gasteiger partial charge in [0.15, 0.2) is 16.5 Å². The minimum Gasteiger partial charge on any atom is -0.438 e. The summed E-state index contributed by atoms with van der Waals surface area (Å²) >= 11 is 0. The van der Waals surface area contributed by atoms with Crippen LogP contribution in [0.4, 0.5) is 5.69 Å². The van der Waals surface area contributed by atoms with Crippen LogP contribution in [0.15, 0.2) is 64.5 Å². The summed E-state index contributed by atoms with van der Waals surface area (Å²) < 4.78 is 39.9. The van der Waals surface area contributed by atoms with Crippen molar-refractivity contribution in [3.63, 3.8) is 0 Å². The summed E-state index contributed by atoms with van der Waals surface area (Å²) in [6.45, 7) is 3.12. The molecule has 1 aromatic carbocycles. The van der Waals surface area contributed by atoms with Gasteiger partial charge in [0, 0.05) is 24.1 Å². The smallest absolute Gasteiger partial charge is 0.267 e. The SMILES string of the molecule is Cc1noc(C)c1S(=O)(=O)Nc1ccc(Oc2ccc(-n3ccnc3)nn2)cc1. The topological polar surface area (TPSA) is 125 Å². The average Bonchev–Trinajstić information content (AvgIpc) is 3.34. The van der Waals surface area contributed by atoms with Crippen LogP contribution in [0.1, 0.15) is 11.5 Å².